The van der Waals surface area contributed by atoms with E-state index in [9.17, 15) is 14.7 Å². The molecule has 0 spiro atoms. The van der Waals surface area contributed by atoms with Crippen molar-refractivity contribution in [1.82, 2.24) is 10.2 Å². The smallest absolute Gasteiger partial charge is 0.409 e. The molecule has 0 atom stereocenters. The number of nitrogens with zero attached hydrogens (tertiary/aromatic N) is 3. The predicted octanol–water partition coefficient (Wildman–Crippen LogP) is 3.30. The van der Waals surface area contributed by atoms with Crippen molar-refractivity contribution >= 4 is 23.4 Å². The number of amides is 1. The van der Waals surface area contributed by atoms with Crippen molar-refractivity contribution in [3.8, 4) is 11.5 Å². The SMILES string of the molecule is CNCCN(C)C(=O)OCc1ccc(N=Nc2ccc(O)c(C(=O)O)c2)cc1OC. The summed E-state index contributed by atoms with van der Waals surface area (Å²) in [7, 11) is 4.94. The van der Waals surface area contributed by atoms with E-state index in [1.54, 1.807) is 32.3 Å². The number of aromatic hydroxyl groups is 1. The monoisotopic (exact) mass is 416 g/mol. The zero-order valence-corrected chi connectivity index (χ0v) is 17.0. The molecule has 10 nitrogen and oxygen atoms in total. The first-order chi connectivity index (χ1) is 14.3. The summed E-state index contributed by atoms with van der Waals surface area (Å²) >= 11 is 0. The molecule has 0 aliphatic heterocycles. The summed E-state index contributed by atoms with van der Waals surface area (Å²) in [6.07, 6.45) is -0.447. The molecule has 0 unspecified atom stereocenters. The van der Waals surface area contributed by atoms with Crippen molar-refractivity contribution in [2.75, 3.05) is 34.3 Å². The maximum atomic E-state index is 12.0. The number of phenols is 1. The largest absolute Gasteiger partial charge is 0.507 e. The molecule has 0 saturated carbocycles. The number of ether oxygens (including phenoxy) is 2. The van der Waals surface area contributed by atoms with Gasteiger partial charge in [0, 0.05) is 31.8 Å². The number of carbonyl (C=O) groups excluding carboxylic acids is 1. The predicted molar refractivity (Wildman–Crippen MR) is 109 cm³/mol. The van der Waals surface area contributed by atoms with E-state index in [0.717, 1.165) is 0 Å². The van der Waals surface area contributed by atoms with Crippen LogP contribution in [0, 0.1) is 0 Å². The van der Waals surface area contributed by atoms with Crippen LogP contribution in [0.2, 0.25) is 0 Å². The standard InChI is InChI=1S/C20H24N4O6/c1-21-8-9-24(2)20(28)30-12-13-4-5-15(11-18(13)29-3)23-22-14-6-7-17(25)16(10-14)19(26)27/h4-7,10-11,21,25H,8-9,12H2,1-3H3,(H,26,27). The van der Waals surface area contributed by atoms with E-state index >= 15 is 0 Å². The Hall–Kier alpha value is -3.66. The molecule has 160 valence electrons. The summed E-state index contributed by atoms with van der Waals surface area (Å²) in [4.78, 5) is 24.5. The highest BCUT2D eigenvalue weighted by atomic mass is 16.6. The molecule has 0 saturated heterocycles. The second-order valence-corrected chi connectivity index (χ2v) is 6.28. The van der Waals surface area contributed by atoms with Crippen LogP contribution < -0.4 is 10.1 Å². The number of methoxy groups -OCH3 is 1. The van der Waals surface area contributed by atoms with Gasteiger partial charge < -0.3 is 29.9 Å². The van der Waals surface area contributed by atoms with Crippen LogP contribution >= 0.6 is 0 Å². The summed E-state index contributed by atoms with van der Waals surface area (Å²) in [6.45, 7) is 1.21. The van der Waals surface area contributed by atoms with E-state index in [2.05, 4.69) is 15.5 Å². The van der Waals surface area contributed by atoms with Crippen LogP contribution in [-0.4, -0.2) is 61.5 Å². The number of carbonyl (C=O) groups is 2. The first-order valence-electron chi connectivity index (χ1n) is 9.03. The Bertz CT molecular complexity index is 932. The van der Waals surface area contributed by atoms with Gasteiger partial charge in [-0.15, -0.1) is 0 Å². The van der Waals surface area contributed by atoms with Gasteiger partial charge in [0.2, 0.25) is 0 Å². The fourth-order valence-corrected chi connectivity index (χ4v) is 2.41. The average molecular weight is 416 g/mol. The van der Waals surface area contributed by atoms with E-state index in [1.165, 1.54) is 30.2 Å². The third-order valence-electron chi connectivity index (χ3n) is 4.12. The van der Waals surface area contributed by atoms with E-state index in [1.807, 2.05) is 0 Å². The number of aromatic carboxylic acids is 1. The maximum absolute atomic E-state index is 12.0. The van der Waals surface area contributed by atoms with Gasteiger partial charge in [-0.05, 0) is 37.4 Å². The summed E-state index contributed by atoms with van der Waals surface area (Å²) in [5, 5.41) is 29.6. The van der Waals surface area contributed by atoms with Crippen LogP contribution in [0.25, 0.3) is 0 Å². The quantitative estimate of drug-likeness (QED) is 0.534. The highest BCUT2D eigenvalue weighted by Crippen LogP contribution is 2.28. The summed E-state index contributed by atoms with van der Waals surface area (Å²) < 4.78 is 10.6. The van der Waals surface area contributed by atoms with Crippen LogP contribution in [0.3, 0.4) is 0 Å². The lowest BCUT2D eigenvalue weighted by molar-refractivity contribution is 0.0693. The number of likely N-dealkylation sites (N-methyl/N-ethyl adjacent to an activating group) is 2. The van der Waals surface area contributed by atoms with Crippen LogP contribution in [0.1, 0.15) is 15.9 Å². The van der Waals surface area contributed by atoms with Crippen LogP contribution in [0.15, 0.2) is 46.6 Å². The molecule has 0 fully saturated rings. The number of benzene rings is 2. The van der Waals surface area contributed by atoms with Gasteiger partial charge in [-0.1, -0.05) is 0 Å². The summed E-state index contributed by atoms with van der Waals surface area (Å²) in [5.74, 6) is -1.14. The Kier molecular flexibility index (Phi) is 8.12. The van der Waals surface area contributed by atoms with Gasteiger partial charge in [0.15, 0.2) is 0 Å². The first kappa shape index (κ1) is 22.6. The molecule has 1 amide bonds. The second-order valence-electron chi connectivity index (χ2n) is 6.28. The fourth-order valence-electron chi connectivity index (χ4n) is 2.41. The number of hydrogen-bond acceptors (Lipinski definition) is 8. The maximum Gasteiger partial charge on any atom is 0.409 e. The van der Waals surface area contributed by atoms with Crippen LogP contribution in [0.4, 0.5) is 16.2 Å². The van der Waals surface area contributed by atoms with Crippen LogP contribution in [0.5, 0.6) is 11.5 Å². The average Bonchev–Trinajstić information content (AvgIpc) is 2.75. The Morgan fingerprint density at radius 3 is 2.43 bits per heavy atom. The molecule has 3 N–H and O–H groups in total. The number of hydrogen-bond donors (Lipinski definition) is 3. The van der Waals surface area contributed by atoms with Crippen molar-refractivity contribution in [1.29, 1.82) is 0 Å². The lowest BCUT2D eigenvalue weighted by Gasteiger charge is -2.17. The van der Waals surface area contributed by atoms with Crippen molar-refractivity contribution in [3.05, 3.63) is 47.5 Å². The van der Waals surface area contributed by atoms with Gasteiger partial charge in [0.05, 0.1) is 18.5 Å². The summed E-state index contributed by atoms with van der Waals surface area (Å²) in [5.41, 5.74) is 1.12. The highest BCUT2D eigenvalue weighted by Gasteiger charge is 2.12. The molecule has 30 heavy (non-hydrogen) atoms. The molecule has 10 heteroatoms. The minimum Gasteiger partial charge on any atom is -0.507 e. The van der Waals surface area contributed by atoms with E-state index in [4.69, 9.17) is 14.6 Å². The minimum absolute atomic E-state index is 0.0310. The van der Waals surface area contributed by atoms with Crippen molar-refractivity contribution < 1.29 is 29.3 Å². The molecule has 0 aliphatic rings. The Labute approximate surface area is 173 Å². The first-order valence-corrected chi connectivity index (χ1v) is 9.03. The molecule has 0 radical (unpaired) electrons. The van der Waals surface area contributed by atoms with Gasteiger partial charge in [-0.25, -0.2) is 9.59 Å². The second kappa shape index (κ2) is 10.8. The third-order valence-corrected chi connectivity index (χ3v) is 4.12. The third kappa shape index (κ3) is 6.17. The summed E-state index contributed by atoms with van der Waals surface area (Å²) in [6, 6.07) is 8.89. The van der Waals surface area contributed by atoms with Crippen molar-refractivity contribution in [2.45, 2.75) is 6.61 Å². The number of azo groups is 1. The molecule has 2 rings (SSSR count). The molecule has 0 heterocycles. The lowest BCUT2D eigenvalue weighted by atomic mass is 10.2. The molecule has 0 aromatic heterocycles. The molecular formula is C20H24N4O6. The van der Waals surface area contributed by atoms with Crippen molar-refractivity contribution in [3.63, 3.8) is 0 Å². The van der Waals surface area contributed by atoms with Gasteiger partial charge in [0.1, 0.15) is 23.7 Å². The highest BCUT2D eigenvalue weighted by molar-refractivity contribution is 5.91. The van der Waals surface area contributed by atoms with Gasteiger partial charge in [-0.2, -0.15) is 10.2 Å². The molecular weight excluding hydrogens is 392 g/mol. The molecule has 2 aromatic rings. The van der Waals surface area contributed by atoms with E-state index < -0.39 is 12.1 Å². The zero-order valence-electron chi connectivity index (χ0n) is 17.0. The van der Waals surface area contributed by atoms with Crippen molar-refractivity contribution in [2.24, 2.45) is 10.2 Å². The molecule has 0 bridgehead atoms. The minimum atomic E-state index is -1.26. The van der Waals surface area contributed by atoms with E-state index in [-0.39, 0.29) is 23.6 Å². The number of carboxylic acid groups (broad SMARTS) is 1. The topological polar surface area (TPSA) is 133 Å². The Morgan fingerprint density at radius 1 is 1.13 bits per heavy atom. The van der Waals surface area contributed by atoms with E-state index in [0.29, 0.717) is 30.1 Å². The number of rotatable bonds is 9. The van der Waals surface area contributed by atoms with Gasteiger partial charge in [0.25, 0.3) is 0 Å². The van der Waals surface area contributed by atoms with Gasteiger partial charge in [-0.3, -0.25) is 0 Å². The normalized spacial score (nSPS) is 10.8. The number of nitrogens with one attached hydrogen (secondary N) is 1. The Morgan fingerprint density at radius 2 is 1.80 bits per heavy atom. The Balaban J connectivity index is 2.08. The van der Waals surface area contributed by atoms with Gasteiger partial charge >= 0.3 is 12.1 Å². The zero-order chi connectivity index (χ0) is 22.1. The molecule has 0 aliphatic carbocycles. The fraction of sp³-hybridized carbons (Fsp3) is 0.300. The lowest BCUT2D eigenvalue weighted by Crippen LogP contribution is -2.33. The van der Waals surface area contributed by atoms with Crippen LogP contribution in [-0.2, 0) is 11.3 Å². The molecule has 2 aromatic carbocycles. The number of carboxylic acids is 1.